The predicted molar refractivity (Wildman–Crippen MR) is 59.7 cm³/mol. The molecule has 0 amide bonds. The Bertz CT molecular complexity index is 643. The van der Waals surface area contributed by atoms with Gasteiger partial charge >= 0.3 is 5.69 Å². The van der Waals surface area contributed by atoms with E-state index in [9.17, 15) is 14.0 Å². The van der Waals surface area contributed by atoms with E-state index in [1.165, 1.54) is 24.3 Å². The van der Waals surface area contributed by atoms with E-state index in [0.29, 0.717) is 12.2 Å². The number of hydrogen-bond donors (Lipinski definition) is 0. The lowest BCUT2D eigenvalue weighted by molar-refractivity contribution is 0.563. The Hall–Kier alpha value is -2.24. The summed E-state index contributed by atoms with van der Waals surface area (Å²) in [5.74, 6) is -0.424. The molecule has 0 radical (unpaired) electrons. The molecule has 1 heterocycles. The van der Waals surface area contributed by atoms with Crippen molar-refractivity contribution in [2.24, 2.45) is 0 Å². The molecule has 17 heavy (non-hydrogen) atoms. The summed E-state index contributed by atoms with van der Waals surface area (Å²) in [5.41, 5.74) is -0.746. The van der Waals surface area contributed by atoms with Crippen molar-refractivity contribution in [3.05, 3.63) is 57.1 Å². The van der Waals surface area contributed by atoms with Gasteiger partial charge in [-0.25, -0.2) is 18.4 Å². The molecule has 5 nitrogen and oxygen atoms in total. The van der Waals surface area contributed by atoms with Crippen molar-refractivity contribution in [2.75, 3.05) is 0 Å². The van der Waals surface area contributed by atoms with Gasteiger partial charge in [0.05, 0.1) is 5.69 Å². The standard InChI is InChI=1S/C11H10FN3O2/c1-2-14-11(17)15(10(16)7-13-14)9-5-3-8(12)4-6-9/h3-7H,2H2,1H3. The molecule has 1 aromatic heterocycles. The van der Waals surface area contributed by atoms with E-state index < -0.39 is 17.1 Å². The first-order chi connectivity index (χ1) is 8.13. The lowest BCUT2D eigenvalue weighted by Crippen LogP contribution is -2.39. The van der Waals surface area contributed by atoms with Gasteiger partial charge in [0.15, 0.2) is 0 Å². The molecular weight excluding hydrogens is 225 g/mol. The highest BCUT2D eigenvalue weighted by atomic mass is 19.1. The van der Waals surface area contributed by atoms with Crippen molar-refractivity contribution < 1.29 is 4.39 Å². The molecule has 0 aliphatic heterocycles. The van der Waals surface area contributed by atoms with E-state index in [-0.39, 0.29) is 0 Å². The molecule has 0 saturated heterocycles. The van der Waals surface area contributed by atoms with Gasteiger partial charge in [0, 0.05) is 6.54 Å². The van der Waals surface area contributed by atoms with Gasteiger partial charge in [-0.3, -0.25) is 4.79 Å². The van der Waals surface area contributed by atoms with Crippen LogP contribution in [0.3, 0.4) is 0 Å². The number of aromatic nitrogens is 3. The van der Waals surface area contributed by atoms with E-state index in [0.717, 1.165) is 15.4 Å². The van der Waals surface area contributed by atoms with Crippen LogP contribution in [0.4, 0.5) is 4.39 Å². The molecule has 0 saturated carbocycles. The van der Waals surface area contributed by atoms with Crippen molar-refractivity contribution in [1.82, 2.24) is 14.3 Å². The van der Waals surface area contributed by atoms with Gasteiger partial charge in [-0.1, -0.05) is 0 Å². The summed E-state index contributed by atoms with van der Waals surface area (Å²) in [6, 6.07) is 5.13. The molecule has 0 bridgehead atoms. The van der Waals surface area contributed by atoms with Gasteiger partial charge in [-0.15, -0.1) is 0 Å². The Kier molecular flexibility index (Phi) is 2.86. The van der Waals surface area contributed by atoms with E-state index in [4.69, 9.17) is 0 Å². The van der Waals surface area contributed by atoms with Crippen LogP contribution < -0.4 is 11.2 Å². The fourth-order valence-corrected chi connectivity index (χ4v) is 1.48. The number of aryl methyl sites for hydroxylation is 1. The van der Waals surface area contributed by atoms with Gasteiger partial charge in [0.25, 0.3) is 5.56 Å². The Morgan fingerprint density at radius 1 is 1.24 bits per heavy atom. The van der Waals surface area contributed by atoms with Crippen molar-refractivity contribution >= 4 is 0 Å². The third-order valence-electron chi connectivity index (χ3n) is 2.32. The summed E-state index contributed by atoms with van der Waals surface area (Å²) in [5, 5.41) is 3.70. The Balaban J connectivity index is 2.71. The van der Waals surface area contributed by atoms with Crippen molar-refractivity contribution in [3.8, 4) is 5.69 Å². The van der Waals surface area contributed by atoms with Crippen LogP contribution in [0.1, 0.15) is 6.92 Å². The fraction of sp³-hybridized carbons (Fsp3) is 0.182. The second kappa shape index (κ2) is 4.32. The van der Waals surface area contributed by atoms with Gasteiger partial charge in [0.1, 0.15) is 12.0 Å². The average molecular weight is 235 g/mol. The minimum Gasteiger partial charge on any atom is -0.267 e. The first-order valence-electron chi connectivity index (χ1n) is 5.08. The average Bonchev–Trinajstić information content (AvgIpc) is 2.32. The molecule has 0 N–H and O–H groups in total. The van der Waals surface area contributed by atoms with E-state index in [1.807, 2.05) is 0 Å². The summed E-state index contributed by atoms with van der Waals surface area (Å²) < 4.78 is 14.9. The third-order valence-corrected chi connectivity index (χ3v) is 2.32. The summed E-state index contributed by atoms with van der Waals surface area (Å²) in [4.78, 5) is 23.5. The molecular formula is C11H10FN3O2. The molecule has 6 heteroatoms. The Morgan fingerprint density at radius 2 is 1.88 bits per heavy atom. The molecule has 0 spiro atoms. The van der Waals surface area contributed by atoms with E-state index in [2.05, 4.69) is 5.10 Å². The largest absolute Gasteiger partial charge is 0.352 e. The summed E-state index contributed by atoms with van der Waals surface area (Å²) in [6.45, 7) is 2.11. The zero-order valence-corrected chi connectivity index (χ0v) is 9.13. The molecule has 1 aromatic carbocycles. The minimum absolute atomic E-state index is 0.325. The molecule has 0 unspecified atom stereocenters. The SMILES string of the molecule is CCn1ncc(=O)n(-c2ccc(F)cc2)c1=O. The van der Waals surface area contributed by atoms with Crippen molar-refractivity contribution in [1.29, 1.82) is 0 Å². The second-order valence-electron chi connectivity index (χ2n) is 3.39. The quantitative estimate of drug-likeness (QED) is 0.764. The smallest absolute Gasteiger partial charge is 0.267 e. The number of nitrogens with zero attached hydrogens (tertiary/aromatic N) is 3. The van der Waals surface area contributed by atoms with Crippen LogP contribution in [0.25, 0.3) is 5.69 Å². The van der Waals surface area contributed by atoms with Gasteiger partial charge in [-0.05, 0) is 31.2 Å². The highest BCUT2D eigenvalue weighted by molar-refractivity contribution is 5.31. The summed E-state index contributed by atoms with van der Waals surface area (Å²) >= 11 is 0. The first kappa shape index (κ1) is 11.3. The topological polar surface area (TPSA) is 56.9 Å². The van der Waals surface area contributed by atoms with Crippen LogP contribution in [0.5, 0.6) is 0 Å². The van der Waals surface area contributed by atoms with Crippen LogP contribution in [0.2, 0.25) is 0 Å². The first-order valence-corrected chi connectivity index (χ1v) is 5.08. The Morgan fingerprint density at radius 3 is 2.47 bits per heavy atom. The minimum atomic E-state index is -0.536. The zero-order chi connectivity index (χ0) is 12.4. The van der Waals surface area contributed by atoms with Crippen LogP contribution in [0, 0.1) is 5.82 Å². The molecule has 88 valence electrons. The number of rotatable bonds is 2. The maximum absolute atomic E-state index is 12.8. The molecule has 0 fully saturated rings. The van der Waals surface area contributed by atoms with Crippen molar-refractivity contribution in [3.63, 3.8) is 0 Å². The molecule has 0 atom stereocenters. The zero-order valence-electron chi connectivity index (χ0n) is 9.13. The highest BCUT2D eigenvalue weighted by Gasteiger charge is 2.07. The maximum Gasteiger partial charge on any atom is 0.352 e. The molecule has 0 aliphatic carbocycles. The summed E-state index contributed by atoms with van der Waals surface area (Å²) in [6.07, 6.45) is 1.06. The normalized spacial score (nSPS) is 10.5. The Labute approximate surface area is 95.8 Å². The van der Waals surface area contributed by atoms with Crippen LogP contribution in [0.15, 0.2) is 40.1 Å². The highest BCUT2D eigenvalue weighted by Crippen LogP contribution is 2.03. The maximum atomic E-state index is 12.8. The number of hydrogen-bond acceptors (Lipinski definition) is 3. The van der Waals surface area contributed by atoms with E-state index >= 15 is 0 Å². The number of halogens is 1. The van der Waals surface area contributed by atoms with Gasteiger partial charge in [0.2, 0.25) is 0 Å². The van der Waals surface area contributed by atoms with Crippen LogP contribution >= 0.6 is 0 Å². The lowest BCUT2D eigenvalue weighted by Gasteiger charge is -2.06. The van der Waals surface area contributed by atoms with Crippen LogP contribution in [-0.2, 0) is 6.54 Å². The monoisotopic (exact) mass is 235 g/mol. The summed E-state index contributed by atoms with van der Waals surface area (Å²) in [7, 11) is 0. The molecule has 0 aliphatic rings. The fourth-order valence-electron chi connectivity index (χ4n) is 1.48. The second-order valence-corrected chi connectivity index (χ2v) is 3.39. The van der Waals surface area contributed by atoms with Crippen LogP contribution in [-0.4, -0.2) is 14.3 Å². The number of benzene rings is 1. The van der Waals surface area contributed by atoms with E-state index in [1.54, 1.807) is 6.92 Å². The van der Waals surface area contributed by atoms with Crippen molar-refractivity contribution in [2.45, 2.75) is 13.5 Å². The molecule has 2 aromatic rings. The molecule has 2 rings (SSSR count). The predicted octanol–water partition coefficient (Wildman–Crippen LogP) is 0.553. The third kappa shape index (κ3) is 2.01. The lowest BCUT2D eigenvalue weighted by atomic mass is 10.3. The van der Waals surface area contributed by atoms with Gasteiger partial charge < -0.3 is 0 Å². The van der Waals surface area contributed by atoms with Gasteiger partial charge in [-0.2, -0.15) is 5.10 Å².